The predicted molar refractivity (Wildman–Crippen MR) is 108 cm³/mol. The number of para-hydroxylation sites is 1. The third kappa shape index (κ3) is 4.64. The number of ether oxygens (including phenoxy) is 2. The molecule has 28 heavy (non-hydrogen) atoms. The smallest absolute Gasteiger partial charge is 0.216 e. The van der Waals surface area contributed by atoms with Gasteiger partial charge < -0.3 is 9.47 Å². The average Bonchev–Trinajstić information content (AvgIpc) is 3.05. The van der Waals surface area contributed by atoms with Gasteiger partial charge in [-0.1, -0.05) is 18.2 Å². The summed E-state index contributed by atoms with van der Waals surface area (Å²) < 4.78 is 13.1. The van der Waals surface area contributed by atoms with Crippen LogP contribution in [0.15, 0.2) is 47.6 Å². The Bertz CT molecular complexity index is 1060. The molecule has 1 heterocycles. The third-order valence-electron chi connectivity index (χ3n) is 3.98. The summed E-state index contributed by atoms with van der Waals surface area (Å²) in [6.45, 7) is 4.25. The van der Waals surface area contributed by atoms with E-state index in [-0.39, 0.29) is 13.2 Å². The van der Waals surface area contributed by atoms with Crippen molar-refractivity contribution in [3.63, 3.8) is 0 Å². The zero-order valence-corrected chi connectivity index (χ0v) is 16.4. The summed E-state index contributed by atoms with van der Waals surface area (Å²) in [7, 11) is 0. The van der Waals surface area contributed by atoms with E-state index < -0.39 is 0 Å². The minimum atomic E-state index is 0.0152. The number of nitrogens with zero attached hydrogens (tertiary/aromatic N) is 4. The number of rotatable bonds is 7. The molecule has 3 rings (SSSR count). The van der Waals surface area contributed by atoms with E-state index in [1.165, 1.54) is 4.68 Å². The molecule has 1 N–H and O–H groups in total. The monoisotopic (exact) mass is 393 g/mol. The van der Waals surface area contributed by atoms with Crippen LogP contribution in [0.2, 0.25) is 0 Å². The molecule has 0 amide bonds. The van der Waals surface area contributed by atoms with E-state index in [2.05, 4.69) is 15.3 Å². The maximum Gasteiger partial charge on any atom is 0.216 e. The lowest BCUT2D eigenvalue weighted by Crippen LogP contribution is -2.05. The third-order valence-corrected chi connectivity index (χ3v) is 4.24. The second kappa shape index (κ2) is 8.97. The van der Waals surface area contributed by atoms with E-state index in [0.29, 0.717) is 16.3 Å². The van der Waals surface area contributed by atoms with Gasteiger partial charge in [0.15, 0.2) is 12.4 Å². The number of H-pyrrole nitrogens is 1. The van der Waals surface area contributed by atoms with Crippen molar-refractivity contribution >= 4 is 18.4 Å². The van der Waals surface area contributed by atoms with Gasteiger partial charge in [0.05, 0.1) is 6.21 Å². The molecule has 0 atom stereocenters. The zero-order valence-electron chi connectivity index (χ0n) is 15.5. The quantitative estimate of drug-likeness (QED) is 0.485. The summed E-state index contributed by atoms with van der Waals surface area (Å²) in [6.07, 6.45) is 1.67. The van der Waals surface area contributed by atoms with E-state index in [1.807, 2.05) is 50.2 Å². The van der Waals surface area contributed by atoms with Crippen molar-refractivity contribution in [1.82, 2.24) is 14.9 Å². The summed E-state index contributed by atoms with van der Waals surface area (Å²) in [5.41, 5.74) is 2.97. The highest BCUT2D eigenvalue weighted by Crippen LogP contribution is 2.23. The fraction of sp³-hybridized carbons (Fsp3) is 0.200. The molecule has 7 nitrogen and oxygen atoms in total. The Kier molecular flexibility index (Phi) is 6.19. The average molecular weight is 393 g/mol. The minimum absolute atomic E-state index is 0.0152. The van der Waals surface area contributed by atoms with Crippen molar-refractivity contribution in [2.75, 3.05) is 6.61 Å². The second-order valence-corrected chi connectivity index (χ2v) is 6.41. The van der Waals surface area contributed by atoms with Gasteiger partial charge in [-0.25, -0.2) is 5.10 Å². The van der Waals surface area contributed by atoms with Crippen LogP contribution >= 0.6 is 12.2 Å². The van der Waals surface area contributed by atoms with E-state index in [9.17, 15) is 0 Å². The van der Waals surface area contributed by atoms with Crippen molar-refractivity contribution in [3.8, 4) is 17.6 Å². The highest BCUT2D eigenvalue weighted by atomic mass is 32.1. The standard InChI is InChI=1S/C20H19N5O2S/c1-14-4-3-5-15(2)19(14)27-13-18-23-24-20(28)25(18)22-12-16-6-8-17(9-7-16)26-11-10-21/h3-9,12H,11,13H2,1-2H3,(H,24,28)/b22-12-. The van der Waals surface area contributed by atoms with Gasteiger partial charge in [-0.05, 0) is 67.0 Å². The fourth-order valence-corrected chi connectivity index (χ4v) is 2.79. The molecule has 0 bridgehead atoms. The Morgan fingerprint density at radius 2 is 1.89 bits per heavy atom. The molecule has 0 spiro atoms. The number of nitrogens with one attached hydrogen (secondary N) is 1. The number of benzene rings is 2. The Hall–Kier alpha value is -3.44. The number of hydrogen-bond acceptors (Lipinski definition) is 6. The second-order valence-electron chi connectivity index (χ2n) is 6.03. The largest absolute Gasteiger partial charge is 0.485 e. The lowest BCUT2D eigenvalue weighted by atomic mass is 10.1. The van der Waals surface area contributed by atoms with Gasteiger partial charge in [0, 0.05) is 0 Å². The highest BCUT2D eigenvalue weighted by molar-refractivity contribution is 7.71. The van der Waals surface area contributed by atoms with E-state index in [4.69, 9.17) is 27.0 Å². The predicted octanol–water partition coefficient (Wildman–Crippen LogP) is 3.92. The molecule has 0 unspecified atom stereocenters. The van der Waals surface area contributed by atoms with Crippen LogP contribution in [0.25, 0.3) is 0 Å². The van der Waals surface area contributed by atoms with Crippen LogP contribution in [-0.4, -0.2) is 27.7 Å². The molecule has 0 aliphatic rings. The van der Waals surface area contributed by atoms with E-state index in [1.54, 1.807) is 18.3 Å². The van der Waals surface area contributed by atoms with Gasteiger partial charge >= 0.3 is 0 Å². The van der Waals surface area contributed by atoms with Gasteiger partial charge in [0.1, 0.15) is 24.2 Å². The van der Waals surface area contributed by atoms with Crippen LogP contribution in [0.3, 0.4) is 0 Å². The molecule has 0 saturated carbocycles. The Labute approximate surface area is 167 Å². The van der Waals surface area contributed by atoms with Crippen molar-refractivity contribution in [3.05, 3.63) is 69.8 Å². The van der Waals surface area contributed by atoms with Crippen molar-refractivity contribution < 1.29 is 9.47 Å². The van der Waals surface area contributed by atoms with Gasteiger partial charge in [-0.15, -0.1) is 0 Å². The van der Waals surface area contributed by atoms with Gasteiger partial charge in [-0.2, -0.15) is 20.1 Å². The lowest BCUT2D eigenvalue weighted by molar-refractivity contribution is 0.287. The van der Waals surface area contributed by atoms with Crippen LogP contribution < -0.4 is 9.47 Å². The summed E-state index contributed by atoms with van der Waals surface area (Å²) in [6, 6.07) is 15.2. The van der Waals surface area contributed by atoms with Crippen molar-refractivity contribution in [2.45, 2.75) is 20.5 Å². The van der Waals surface area contributed by atoms with Crippen molar-refractivity contribution in [2.24, 2.45) is 5.10 Å². The van der Waals surface area contributed by atoms with Gasteiger partial charge in [0.25, 0.3) is 0 Å². The molecule has 2 aromatic carbocycles. The molecule has 0 radical (unpaired) electrons. The first-order valence-electron chi connectivity index (χ1n) is 8.58. The molecule has 0 fully saturated rings. The highest BCUT2D eigenvalue weighted by Gasteiger charge is 2.09. The normalized spacial score (nSPS) is 10.8. The lowest BCUT2D eigenvalue weighted by Gasteiger charge is -2.11. The van der Waals surface area contributed by atoms with Gasteiger partial charge in [0.2, 0.25) is 4.77 Å². The molecule has 0 aliphatic heterocycles. The maximum atomic E-state index is 8.54. The van der Waals surface area contributed by atoms with Crippen LogP contribution in [0, 0.1) is 29.9 Å². The summed E-state index contributed by atoms with van der Waals surface area (Å²) in [5, 5.41) is 19.9. The molecule has 142 valence electrons. The van der Waals surface area contributed by atoms with Crippen LogP contribution in [0.5, 0.6) is 11.5 Å². The first-order chi connectivity index (χ1) is 13.6. The summed E-state index contributed by atoms with van der Waals surface area (Å²) in [5.74, 6) is 2.03. The van der Waals surface area contributed by atoms with Crippen molar-refractivity contribution in [1.29, 1.82) is 5.26 Å². The minimum Gasteiger partial charge on any atom is -0.485 e. The van der Waals surface area contributed by atoms with E-state index >= 15 is 0 Å². The number of aromatic nitrogens is 3. The van der Waals surface area contributed by atoms with Crippen LogP contribution in [0.4, 0.5) is 0 Å². The molecule has 8 heteroatoms. The maximum absolute atomic E-state index is 8.54. The topological polar surface area (TPSA) is 88.2 Å². The molecule has 0 saturated heterocycles. The molecule has 3 aromatic rings. The number of nitriles is 1. The summed E-state index contributed by atoms with van der Waals surface area (Å²) >= 11 is 5.26. The zero-order chi connectivity index (χ0) is 19.9. The number of aromatic amines is 1. The number of hydrogen-bond donors (Lipinski definition) is 1. The van der Waals surface area contributed by atoms with Crippen LogP contribution in [0.1, 0.15) is 22.5 Å². The summed E-state index contributed by atoms with van der Waals surface area (Å²) in [4.78, 5) is 0. The fourth-order valence-electron chi connectivity index (χ4n) is 2.59. The van der Waals surface area contributed by atoms with E-state index in [0.717, 1.165) is 22.4 Å². The SMILES string of the molecule is Cc1cccc(C)c1OCc1n[nH]c(=S)n1/N=C\c1ccc(OCC#N)cc1. The Balaban J connectivity index is 1.73. The van der Waals surface area contributed by atoms with Gasteiger partial charge in [-0.3, -0.25) is 0 Å². The molecular formula is C20H19N5O2S. The Morgan fingerprint density at radius 3 is 2.57 bits per heavy atom. The first kappa shape index (κ1) is 19.3. The van der Waals surface area contributed by atoms with Crippen LogP contribution in [-0.2, 0) is 6.61 Å². The molecular weight excluding hydrogens is 374 g/mol. The first-order valence-corrected chi connectivity index (χ1v) is 8.99. The molecule has 1 aromatic heterocycles. The Morgan fingerprint density at radius 1 is 1.18 bits per heavy atom. The number of aryl methyl sites for hydroxylation is 2. The molecule has 0 aliphatic carbocycles.